The molecule has 0 saturated heterocycles. The summed E-state index contributed by atoms with van der Waals surface area (Å²) in [5.74, 6) is 0.00884. The molecule has 1 aromatic carbocycles. The highest BCUT2D eigenvalue weighted by atomic mass is 16.2. The van der Waals surface area contributed by atoms with E-state index >= 15 is 0 Å². The molecule has 0 unspecified atom stereocenters. The van der Waals surface area contributed by atoms with Crippen LogP contribution in [-0.4, -0.2) is 34.9 Å². The van der Waals surface area contributed by atoms with Crippen LogP contribution in [0.25, 0.3) is 11.0 Å². The van der Waals surface area contributed by atoms with Crippen molar-refractivity contribution in [3.05, 3.63) is 34.2 Å². The zero-order valence-corrected chi connectivity index (χ0v) is 9.20. The predicted molar refractivity (Wildman–Crippen MR) is 61.3 cm³/mol. The largest absolute Gasteiger partial charge is 0.349 e. The number of para-hydroxylation sites is 1. The smallest absolute Gasteiger partial charge is 0.323 e. The SMILES string of the molecule is CN(C)C(=O)Cc1cccc2[nH]c(=O)[nH]c12. The van der Waals surface area contributed by atoms with Gasteiger partial charge in [0.15, 0.2) is 0 Å². The Hall–Kier alpha value is -2.04. The number of carbonyl (C=O) groups excluding carboxylic acids is 1. The van der Waals surface area contributed by atoms with Crippen LogP contribution in [0.2, 0.25) is 0 Å². The van der Waals surface area contributed by atoms with Gasteiger partial charge in [-0.15, -0.1) is 0 Å². The number of amides is 1. The zero-order chi connectivity index (χ0) is 11.7. The van der Waals surface area contributed by atoms with Crippen LogP contribution in [0.15, 0.2) is 23.0 Å². The molecule has 0 bridgehead atoms. The molecule has 5 nitrogen and oxygen atoms in total. The van der Waals surface area contributed by atoms with Gasteiger partial charge in [-0.05, 0) is 11.6 Å². The van der Waals surface area contributed by atoms with Crippen molar-refractivity contribution in [1.29, 1.82) is 0 Å². The molecule has 0 radical (unpaired) electrons. The average molecular weight is 219 g/mol. The predicted octanol–water partition coefficient (Wildman–Crippen LogP) is 0.487. The van der Waals surface area contributed by atoms with Gasteiger partial charge in [-0.1, -0.05) is 12.1 Å². The number of rotatable bonds is 2. The number of nitrogens with zero attached hydrogens (tertiary/aromatic N) is 1. The molecular weight excluding hydrogens is 206 g/mol. The van der Waals surface area contributed by atoms with Crippen LogP contribution >= 0.6 is 0 Å². The number of fused-ring (bicyclic) bond motifs is 1. The minimum atomic E-state index is -0.250. The van der Waals surface area contributed by atoms with Crippen LogP contribution in [0.5, 0.6) is 0 Å². The van der Waals surface area contributed by atoms with Crippen LogP contribution in [0.4, 0.5) is 0 Å². The third kappa shape index (κ3) is 1.84. The maximum Gasteiger partial charge on any atom is 0.323 e. The van der Waals surface area contributed by atoms with E-state index in [1.54, 1.807) is 20.2 Å². The number of carbonyl (C=O) groups is 1. The van der Waals surface area contributed by atoms with Crippen molar-refractivity contribution >= 4 is 16.9 Å². The molecule has 1 amide bonds. The Morgan fingerprint density at radius 3 is 2.75 bits per heavy atom. The second kappa shape index (κ2) is 3.84. The molecule has 5 heteroatoms. The third-order valence-electron chi connectivity index (χ3n) is 2.48. The topological polar surface area (TPSA) is 69.0 Å². The van der Waals surface area contributed by atoms with Gasteiger partial charge in [0.1, 0.15) is 0 Å². The Kier molecular flexibility index (Phi) is 2.52. The lowest BCUT2D eigenvalue weighted by molar-refractivity contribution is -0.127. The number of H-pyrrole nitrogens is 2. The van der Waals surface area contributed by atoms with E-state index < -0.39 is 0 Å². The van der Waals surface area contributed by atoms with E-state index in [1.807, 2.05) is 12.1 Å². The standard InChI is InChI=1S/C11H13N3O2/c1-14(2)9(15)6-7-4-3-5-8-10(7)13-11(16)12-8/h3-5H,6H2,1-2H3,(H2,12,13,16). The Balaban J connectivity index is 2.44. The number of hydrogen-bond acceptors (Lipinski definition) is 2. The first-order valence-corrected chi connectivity index (χ1v) is 4.98. The normalized spacial score (nSPS) is 10.6. The van der Waals surface area contributed by atoms with Gasteiger partial charge in [0.05, 0.1) is 17.5 Å². The summed E-state index contributed by atoms with van der Waals surface area (Å²) in [6.07, 6.45) is 0.290. The summed E-state index contributed by atoms with van der Waals surface area (Å²) in [5, 5.41) is 0. The van der Waals surface area contributed by atoms with Crippen molar-refractivity contribution in [3.8, 4) is 0 Å². The van der Waals surface area contributed by atoms with Gasteiger partial charge in [0.2, 0.25) is 5.91 Å². The summed E-state index contributed by atoms with van der Waals surface area (Å²) in [4.78, 5) is 29.6. The second-order valence-corrected chi connectivity index (χ2v) is 3.88. The number of aromatic amines is 2. The fourth-order valence-electron chi connectivity index (χ4n) is 1.59. The molecule has 2 rings (SSSR count). The van der Waals surface area contributed by atoms with E-state index in [4.69, 9.17) is 0 Å². The molecule has 84 valence electrons. The summed E-state index contributed by atoms with van der Waals surface area (Å²) in [5.41, 5.74) is 2.02. The Bertz CT molecular complexity index is 580. The first kappa shape index (κ1) is 10.5. The van der Waals surface area contributed by atoms with E-state index in [1.165, 1.54) is 4.90 Å². The molecule has 1 heterocycles. The number of hydrogen-bond donors (Lipinski definition) is 2. The Labute approximate surface area is 92.1 Å². The molecule has 0 atom stereocenters. The van der Waals surface area contributed by atoms with Gasteiger partial charge in [0.25, 0.3) is 0 Å². The molecule has 2 aromatic rings. The highest BCUT2D eigenvalue weighted by Crippen LogP contribution is 2.14. The van der Waals surface area contributed by atoms with Gasteiger partial charge in [-0.2, -0.15) is 0 Å². The second-order valence-electron chi connectivity index (χ2n) is 3.88. The molecule has 0 fully saturated rings. The first-order chi connectivity index (χ1) is 7.58. The molecule has 0 aliphatic heterocycles. The lowest BCUT2D eigenvalue weighted by Crippen LogP contribution is -2.23. The number of benzene rings is 1. The molecule has 16 heavy (non-hydrogen) atoms. The van der Waals surface area contributed by atoms with E-state index in [9.17, 15) is 9.59 Å². The lowest BCUT2D eigenvalue weighted by Gasteiger charge is -2.10. The van der Waals surface area contributed by atoms with Gasteiger partial charge >= 0.3 is 5.69 Å². The van der Waals surface area contributed by atoms with Gasteiger partial charge in [-0.25, -0.2) is 4.79 Å². The van der Waals surface area contributed by atoms with Crippen LogP contribution < -0.4 is 5.69 Å². The van der Waals surface area contributed by atoms with Crippen LogP contribution in [0.3, 0.4) is 0 Å². The number of aromatic nitrogens is 2. The quantitative estimate of drug-likeness (QED) is 0.771. The summed E-state index contributed by atoms with van der Waals surface area (Å²) < 4.78 is 0. The van der Waals surface area contributed by atoms with Crippen molar-refractivity contribution in [1.82, 2.24) is 14.9 Å². The van der Waals surface area contributed by atoms with E-state index in [0.717, 1.165) is 11.1 Å². The van der Waals surface area contributed by atoms with E-state index in [2.05, 4.69) is 9.97 Å². The van der Waals surface area contributed by atoms with Crippen molar-refractivity contribution in [2.24, 2.45) is 0 Å². The summed E-state index contributed by atoms with van der Waals surface area (Å²) in [7, 11) is 3.42. The Morgan fingerprint density at radius 1 is 1.31 bits per heavy atom. The fraction of sp³-hybridized carbons (Fsp3) is 0.273. The minimum absolute atomic E-state index is 0.00884. The molecule has 0 saturated carbocycles. The molecular formula is C11H13N3O2. The molecule has 1 aromatic heterocycles. The van der Waals surface area contributed by atoms with Gasteiger partial charge in [-0.3, -0.25) is 4.79 Å². The number of likely N-dealkylation sites (N-methyl/N-ethyl adjacent to an activating group) is 1. The molecule has 0 spiro atoms. The highest BCUT2D eigenvalue weighted by molar-refractivity contribution is 5.85. The van der Waals surface area contributed by atoms with E-state index in [0.29, 0.717) is 5.52 Å². The zero-order valence-electron chi connectivity index (χ0n) is 9.20. The maximum atomic E-state index is 11.6. The van der Waals surface area contributed by atoms with Crippen LogP contribution in [-0.2, 0) is 11.2 Å². The maximum absolute atomic E-state index is 11.6. The third-order valence-corrected chi connectivity index (χ3v) is 2.48. The Morgan fingerprint density at radius 2 is 2.06 bits per heavy atom. The fourth-order valence-corrected chi connectivity index (χ4v) is 1.59. The summed E-state index contributed by atoms with van der Waals surface area (Å²) in [6, 6.07) is 5.47. The van der Waals surface area contributed by atoms with Crippen molar-refractivity contribution in [3.63, 3.8) is 0 Å². The van der Waals surface area contributed by atoms with Crippen LogP contribution in [0.1, 0.15) is 5.56 Å². The molecule has 0 aliphatic rings. The van der Waals surface area contributed by atoms with Crippen LogP contribution in [0, 0.1) is 0 Å². The highest BCUT2D eigenvalue weighted by Gasteiger charge is 2.09. The number of imidazole rings is 1. The molecule has 0 aliphatic carbocycles. The summed E-state index contributed by atoms with van der Waals surface area (Å²) >= 11 is 0. The first-order valence-electron chi connectivity index (χ1n) is 4.98. The van der Waals surface area contributed by atoms with Gasteiger partial charge < -0.3 is 14.9 Å². The van der Waals surface area contributed by atoms with Crippen molar-refractivity contribution in [2.75, 3.05) is 14.1 Å². The van der Waals surface area contributed by atoms with Crippen molar-refractivity contribution in [2.45, 2.75) is 6.42 Å². The lowest BCUT2D eigenvalue weighted by atomic mass is 10.1. The summed E-state index contributed by atoms with van der Waals surface area (Å²) in [6.45, 7) is 0. The number of nitrogens with one attached hydrogen (secondary N) is 2. The monoisotopic (exact) mass is 219 g/mol. The molecule has 2 N–H and O–H groups in total. The minimum Gasteiger partial charge on any atom is -0.349 e. The average Bonchev–Trinajstić information content (AvgIpc) is 2.59. The van der Waals surface area contributed by atoms with Crippen molar-refractivity contribution < 1.29 is 4.79 Å². The van der Waals surface area contributed by atoms with E-state index in [-0.39, 0.29) is 18.0 Å². The van der Waals surface area contributed by atoms with Gasteiger partial charge in [0, 0.05) is 14.1 Å².